The Kier molecular flexibility index (Phi) is 5.75. The van der Waals surface area contributed by atoms with Crippen LogP contribution in [-0.2, 0) is 4.74 Å². The summed E-state index contributed by atoms with van der Waals surface area (Å²) in [6, 6.07) is 13.0. The molecular weight excluding hydrogens is 370 g/mol. The quantitative estimate of drug-likeness (QED) is 0.484. The lowest BCUT2D eigenvalue weighted by atomic mass is 10.1. The molecule has 0 fully saturated rings. The number of ether oxygens (including phenoxy) is 1. The third-order valence-corrected chi connectivity index (χ3v) is 5.53. The molecule has 1 heterocycles. The predicted molar refractivity (Wildman–Crippen MR) is 106 cm³/mol. The predicted octanol–water partition coefficient (Wildman–Crippen LogP) is 4.84. The van der Waals surface area contributed by atoms with Crippen LogP contribution < -0.4 is 10.6 Å². The van der Waals surface area contributed by atoms with E-state index in [4.69, 9.17) is 4.74 Å². The third-order valence-electron chi connectivity index (χ3n) is 3.51. The molecule has 0 spiro atoms. The minimum absolute atomic E-state index is 0.204. The van der Waals surface area contributed by atoms with Crippen LogP contribution in [0.5, 0.6) is 0 Å². The Labute approximate surface area is 159 Å². The molecule has 0 unspecified atom stereocenters. The summed E-state index contributed by atoms with van der Waals surface area (Å²) in [4.78, 5) is 29.1. The maximum Gasteiger partial charge on any atom is 0.352 e. The molecule has 0 radical (unpaired) electrons. The van der Waals surface area contributed by atoms with Crippen LogP contribution in [0.4, 0.5) is 16.3 Å². The molecule has 2 amide bonds. The van der Waals surface area contributed by atoms with Gasteiger partial charge >= 0.3 is 12.0 Å². The van der Waals surface area contributed by atoms with Crippen molar-refractivity contribution in [3.63, 3.8) is 0 Å². The Morgan fingerprint density at radius 2 is 1.92 bits per heavy atom. The van der Waals surface area contributed by atoms with Gasteiger partial charge in [0.25, 0.3) is 0 Å². The summed E-state index contributed by atoms with van der Waals surface area (Å²) < 4.78 is 5.71. The van der Waals surface area contributed by atoms with E-state index in [1.165, 1.54) is 23.1 Å². The first-order valence-electron chi connectivity index (χ1n) is 7.90. The van der Waals surface area contributed by atoms with Crippen molar-refractivity contribution >= 4 is 57.4 Å². The highest BCUT2D eigenvalue weighted by molar-refractivity contribution is 8.00. The smallest absolute Gasteiger partial charge is 0.352 e. The minimum atomic E-state index is -0.495. The van der Waals surface area contributed by atoms with E-state index in [-0.39, 0.29) is 17.3 Å². The molecule has 8 heteroatoms. The maximum absolute atomic E-state index is 12.4. The summed E-state index contributed by atoms with van der Waals surface area (Å²) in [5.74, 6) is -0.290. The number of amides is 2. The monoisotopic (exact) mass is 387 g/mol. The fourth-order valence-corrected chi connectivity index (χ4v) is 3.82. The van der Waals surface area contributed by atoms with Gasteiger partial charge in [-0.3, -0.25) is 5.32 Å². The molecule has 0 atom stereocenters. The molecule has 0 aliphatic carbocycles. The summed E-state index contributed by atoms with van der Waals surface area (Å²) in [7, 11) is 0. The molecule has 2 aromatic carbocycles. The van der Waals surface area contributed by atoms with E-state index in [0.717, 1.165) is 10.8 Å². The number of aromatic nitrogens is 1. The average molecular weight is 387 g/mol. The van der Waals surface area contributed by atoms with Crippen LogP contribution >= 0.6 is 23.1 Å². The molecule has 6 nitrogen and oxygen atoms in total. The van der Waals surface area contributed by atoms with Crippen LogP contribution in [0.3, 0.4) is 0 Å². The highest BCUT2D eigenvalue weighted by atomic mass is 32.2. The van der Waals surface area contributed by atoms with Gasteiger partial charge < -0.3 is 10.1 Å². The number of hydrogen-bond acceptors (Lipinski definition) is 6. The van der Waals surface area contributed by atoms with Crippen LogP contribution in [0.2, 0.25) is 0 Å². The molecule has 0 bridgehead atoms. The van der Waals surface area contributed by atoms with Gasteiger partial charge in [-0.1, -0.05) is 59.5 Å². The molecule has 3 aromatic rings. The lowest BCUT2D eigenvalue weighted by Crippen LogP contribution is -2.21. The first-order chi connectivity index (χ1) is 12.6. The largest absolute Gasteiger partial charge is 0.462 e. The molecule has 26 heavy (non-hydrogen) atoms. The number of carbonyl (C=O) groups is 2. The highest BCUT2D eigenvalue weighted by Gasteiger charge is 2.21. The van der Waals surface area contributed by atoms with Gasteiger partial charge in [-0.25, -0.2) is 14.6 Å². The molecule has 0 saturated carbocycles. The number of nitrogens with one attached hydrogen (secondary N) is 2. The second-order valence-corrected chi connectivity index (χ2v) is 7.24. The van der Waals surface area contributed by atoms with E-state index in [1.807, 2.05) is 48.7 Å². The van der Waals surface area contributed by atoms with Crippen LogP contribution in [-0.4, -0.2) is 29.8 Å². The van der Waals surface area contributed by atoms with Gasteiger partial charge in [-0.05, 0) is 24.6 Å². The van der Waals surface area contributed by atoms with Gasteiger partial charge in [-0.2, -0.15) is 0 Å². The number of thioether (sulfide) groups is 1. The van der Waals surface area contributed by atoms with Crippen molar-refractivity contribution < 1.29 is 14.3 Å². The van der Waals surface area contributed by atoms with E-state index in [2.05, 4.69) is 15.6 Å². The molecular formula is C18H17N3O3S2. The second kappa shape index (κ2) is 8.20. The fraction of sp³-hybridized carbons (Fsp3) is 0.167. The number of thiazole rings is 1. The van der Waals surface area contributed by atoms with Crippen molar-refractivity contribution in [2.24, 2.45) is 0 Å². The number of carbonyl (C=O) groups excluding carboxylic acids is 2. The first-order valence-corrected chi connectivity index (χ1v) is 9.94. The summed E-state index contributed by atoms with van der Waals surface area (Å²) in [5, 5.41) is 7.42. The Bertz CT molecular complexity index is 951. The van der Waals surface area contributed by atoms with E-state index in [9.17, 15) is 9.59 Å². The Balaban J connectivity index is 1.81. The normalized spacial score (nSPS) is 10.5. The Hall–Kier alpha value is -2.58. The Morgan fingerprint density at radius 3 is 2.69 bits per heavy atom. The maximum atomic E-state index is 12.4. The number of fused-ring (bicyclic) bond motifs is 1. The van der Waals surface area contributed by atoms with Crippen molar-refractivity contribution in [1.29, 1.82) is 0 Å². The third kappa shape index (κ3) is 3.97. The fourth-order valence-electron chi connectivity index (χ4n) is 2.40. The zero-order valence-electron chi connectivity index (χ0n) is 14.2. The molecule has 0 saturated heterocycles. The van der Waals surface area contributed by atoms with E-state index < -0.39 is 12.0 Å². The highest BCUT2D eigenvalue weighted by Crippen LogP contribution is 2.30. The number of rotatable bonds is 5. The van der Waals surface area contributed by atoms with Crippen molar-refractivity contribution in [2.75, 3.05) is 23.5 Å². The second-order valence-electron chi connectivity index (χ2n) is 5.19. The van der Waals surface area contributed by atoms with Crippen LogP contribution in [0.25, 0.3) is 10.8 Å². The van der Waals surface area contributed by atoms with Crippen LogP contribution in [0.15, 0.2) is 46.8 Å². The summed E-state index contributed by atoms with van der Waals surface area (Å²) in [6.07, 6.45) is 1.85. The first kappa shape index (κ1) is 18.2. The van der Waals surface area contributed by atoms with Crippen molar-refractivity contribution in [3.05, 3.63) is 47.3 Å². The molecule has 2 N–H and O–H groups in total. The lowest BCUT2D eigenvalue weighted by Gasteiger charge is -2.09. The molecule has 0 aliphatic rings. The number of urea groups is 1. The number of esters is 1. The lowest BCUT2D eigenvalue weighted by molar-refractivity contribution is 0.0533. The summed E-state index contributed by atoms with van der Waals surface area (Å²) in [5.41, 5.74) is 0.679. The summed E-state index contributed by atoms with van der Waals surface area (Å²) >= 11 is 2.59. The number of benzene rings is 2. The van der Waals surface area contributed by atoms with Gasteiger partial charge in [0.05, 0.1) is 12.3 Å². The zero-order valence-corrected chi connectivity index (χ0v) is 15.9. The van der Waals surface area contributed by atoms with Gasteiger partial charge in [-0.15, -0.1) is 0 Å². The number of hydrogen-bond donors (Lipinski definition) is 2. The van der Waals surface area contributed by atoms with Gasteiger partial charge in [0.15, 0.2) is 15.0 Å². The molecule has 0 aliphatic heterocycles. The molecule has 3 rings (SSSR count). The van der Waals surface area contributed by atoms with E-state index in [0.29, 0.717) is 10.0 Å². The topological polar surface area (TPSA) is 80.3 Å². The Morgan fingerprint density at radius 1 is 1.15 bits per heavy atom. The van der Waals surface area contributed by atoms with Crippen LogP contribution in [0.1, 0.15) is 16.6 Å². The van der Waals surface area contributed by atoms with E-state index >= 15 is 0 Å². The minimum Gasteiger partial charge on any atom is -0.462 e. The standard InChI is InChI=1S/C18H17N3O3S2/c1-3-24-16(22)14-15(21-18(25-2)26-14)20-17(23)19-13-10-6-8-11-7-4-5-9-12(11)13/h4-10H,3H2,1-2H3,(H2,19,20,23). The average Bonchev–Trinajstić information content (AvgIpc) is 3.05. The number of nitrogens with zero attached hydrogens (tertiary/aromatic N) is 1. The van der Waals surface area contributed by atoms with Gasteiger partial charge in [0.2, 0.25) is 0 Å². The molecule has 134 valence electrons. The van der Waals surface area contributed by atoms with Gasteiger partial charge in [0, 0.05) is 5.39 Å². The van der Waals surface area contributed by atoms with Gasteiger partial charge in [0.1, 0.15) is 0 Å². The van der Waals surface area contributed by atoms with Crippen LogP contribution in [0, 0.1) is 0 Å². The van der Waals surface area contributed by atoms with Crippen molar-refractivity contribution in [2.45, 2.75) is 11.3 Å². The van der Waals surface area contributed by atoms with Crippen molar-refractivity contribution in [1.82, 2.24) is 4.98 Å². The van der Waals surface area contributed by atoms with E-state index in [1.54, 1.807) is 6.92 Å². The SMILES string of the molecule is CCOC(=O)c1sc(SC)nc1NC(=O)Nc1cccc2ccccc12. The summed E-state index contributed by atoms with van der Waals surface area (Å²) in [6.45, 7) is 1.99. The molecule has 1 aromatic heterocycles. The zero-order chi connectivity index (χ0) is 18.5. The van der Waals surface area contributed by atoms with Crippen molar-refractivity contribution in [3.8, 4) is 0 Å². The number of anilines is 2.